The van der Waals surface area contributed by atoms with Gasteiger partial charge in [0.05, 0.1) is 0 Å². The van der Waals surface area contributed by atoms with E-state index in [0.717, 1.165) is 31.8 Å². The third-order valence-corrected chi connectivity index (χ3v) is 3.56. The third kappa shape index (κ3) is 4.06. The first kappa shape index (κ1) is 14.1. The molecule has 1 fully saturated rings. The fourth-order valence-corrected chi connectivity index (χ4v) is 2.42. The predicted octanol–water partition coefficient (Wildman–Crippen LogP) is 1.93. The fourth-order valence-electron chi connectivity index (χ4n) is 2.42. The van der Waals surface area contributed by atoms with Gasteiger partial charge in [0.15, 0.2) is 0 Å². The Morgan fingerprint density at radius 2 is 2.47 bits per heavy atom. The molecular formula is C14H23N3O2. The van der Waals surface area contributed by atoms with E-state index in [1.165, 1.54) is 12.8 Å². The average molecular weight is 265 g/mol. The molecule has 0 radical (unpaired) electrons. The van der Waals surface area contributed by atoms with E-state index in [4.69, 9.17) is 4.74 Å². The van der Waals surface area contributed by atoms with Gasteiger partial charge in [-0.15, -0.1) is 0 Å². The van der Waals surface area contributed by atoms with Crippen molar-refractivity contribution >= 4 is 5.91 Å². The molecule has 1 aromatic rings. The molecule has 2 rings (SSSR count). The minimum Gasteiger partial charge on any atom is -0.372 e. The Morgan fingerprint density at radius 1 is 1.58 bits per heavy atom. The van der Waals surface area contributed by atoms with Crippen LogP contribution in [0.4, 0.5) is 0 Å². The molecule has 2 heterocycles. The van der Waals surface area contributed by atoms with Crippen LogP contribution in [0.1, 0.15) is 44.3 Å². The molecule has 0 bridgehead atoms. The van der Waals surface area contributed by atoms with Crippen LogP contribution in [-0.2, 0) is 9.53 Å². The minimum atomic E-state index is 0.102. The molecule has 1 aliphatic rings. The molecule has 1 saturated heterocycles. The van der Waals surface area contributed by atoms with Crippen molar-refractivity contribution in [3.63, 3.8) is 0 Å². The number of hydrogen-bond acceptors (Lipinski definition) is 3. The summed E-state index contributed by atoms with van der Waals surface area (Å²) in [5.41, 5.74) is 0. The zero-order valence-corrected chi connectivity index (χ0v) is 11.6. The van der Waals surface area contributed by atoms with Crippen LogP contribution in [0.3, 0.4) is 0 Å². The van der Waals surface area contributed by atoms with Gasteiger partial charge in [0, 0.05) is 38.0 Å². The highest BCUT2D eigenvalue weighted by Crippen LogP contribution is 2.24. The van der Waals surface area contributed by atoms with Gasteiger partial charge < -0.3 is 14.6 Å². The number of aromatic nitrogens is 2. The molecule has 5 nitrogen and oxygen atoms in total. The van der Waals surface area contributed by atoms with Gasteiger partial charge in [-0.25, -0.2) is 4.98 Å². The molecule has 1 amide bonds. The van der Waals surface area contributed by atoms with Crippen molar-refractivity contribution in [2.45, 2.75) is 38.5 Å². The maximum Gasteiger partial charge on any atom is 0.248 e. The van der Waals surface area contributed by atoms with Gasteiger partial charge in [-0.2, -0.15) is 0 Å². The Hall–Kier alpha value is -1.36. The van der Waals surface area contributed by atoms with Gasteiger partial charge in [-0.3, -0.25) is 4.79 Å². The van der Waals surface area contributed by atoms with E-state index in [0.29, 0.717) is 12.5 Å². The zero-order chi connectivity index (χ0) is 13.5. The minimum absolute atomic E-state index is 0.102. The van der Waals surface area contributed by atoms with Gasteiger partial charge >= 0.3 is 0 Å². The first-order chi connectivity index (χ1) is 9.31. The number of H-pyrrole nitrogens is 1. The zero-order valence-electron chi connectivity index (χ0n) is 11.6. The number of nitrogens with zero attached hydrogens (tertiary/aromatic N) is 2. The standard InChI is InChI=1S/C14H23N3O2/c1-2-3-4-9-19-11-13(18)17-8-5-12(10-17)14-15-6-7-16-14/h6-7,12H,2-5,8-11H2,1H3,(H,15,16). The van der Waals surface area contributed by atoms with E-state index in [2.05, 4.69) is 16.9 Å². The van der Waals surface area contributed by atoms with Crippen molar-refractivity contribution < 1.29 is 9.53 Å². The van der Waals surface area contributed by atoms with Gasteiger partial charge in [-0.05, 0) is 12.8 Å². The Bertz CT molecular complexity index is 378. The second-order valence-electron chi connectivity index (χ2n) is 5.06. The summed E-state index contributed by atoms with van der Waals surface area (Å²) in [7, 11) is 0. The van der Waals surface area contributed by atoms with Crippen LogP contribution in [0.15, 0.2) is 12.4 Å². The van der Waals surface area contributed by atoms with Gasteiger partial charge in [-0.1, -0.05) is 19.8 Å². The van der Waals surface area contributed by atoms with Crippen LogP contribution in [-0.4, -0.2) is 47.1 Å². The number of unbranched alkanes of at least 4 members (excludes halogenated alkanes) is 2. The molecule has 0 saturated carbocycles. The monoisotopic (exact) mass is 265 g/mol. The number of ether oxygens (including phenoxy) is 1. The smallest absolute Gasteiger partial charge is 0.248 e. The highest BCUT2D eigenvalue weighted by molar-refractivity contribution is 5.77. The average Bonchev–Trinajstić information content (AvgIpc) is 3.08. The molecule has 1 aliphatic heterocycles. The summed E-state index contributed by atoms with van der Waals surface area (Å²) < 4.78 is 5.42. The molecular weight excluding hydrogens is 242 g/mol. The quantitative estimate of drug-likeness (QED) is 0.766. The van der Waals surface area contributed by atoms with Gasteiger partial charge in [0.2, 0.25) is 5.91 Å². The Kier molecular flexibility index (Phi) is 5.39. The molecule has 1 aromatic heterocycles. The van der Waals surface area contributed by atoms with Gasteiger partial charge in [0.1, 0.15) is 12.4 Å². The predicted molar refractivity (Wildman–Crippen MR) is 72.9 cm³/mol. The maximum atomic E-state index is 12.0. The summed E-state index contributed by atoms with van der Waals surface area (Å²) in [6.07, 6.45) is 7.95. The Morgan fingerprint density at radius 3 is 3.21 bits per heavy atom. The summed E-state index contributed by atoms with van der Waals surface area (Å²) in [4.78, 5) is 21.2. The molecule has 19 heavy (non-hydrogen) atoms. The van der Waals surface area contributed by atoms with Crippen molar-refractivity contribution in [1.29, 1.82) is 0 Å². The molecule has 1 unspecified atom stereocenters. The summed E-state index contributed by atoms with van der Waals surface area (Å²) in [6, 6.07) is 0. The van der Waals surface area contributed by atoms with Crippen molar-refractivity contribution in [3.8, 4) is 0 Å². The molecule has 0 aromatic carbocycles. The highest BCUT2D eigenvalue weighted by atomic mass is 16.5. The van der Waals surface area contributed by atoms with Crippen molar-refractivity contribution in [2.75, 3.05) is 26.3 Å². The number of carbonyl (C=O) groups is 1. The molecule has 0 aliphatic carbocycles. The van der Waals surface area contributed by atoms with Crippen LogP contribution >= 0.6 is 0 Å². The first-order valence-corrected chi connectivity index (χ1v) is 7.16. The van der Waals surface area contributed by atoms with Crippen LogP contribution < -0.4 is 0 Å². The molecule has 106 valence electrons. The lowest BCUT2D eigenvalue weighted by atomic mass is 10.1. The second kappa shape index (κ2) is 7.28. The second-order valence-corrected chi connectivity index (χ2v) is 5.06. The number of amides is 1. The third-order valence-electron chi connectivity index (χ3n) is 3.56. The van der Waals surface area contributed by atoms with E-state index >= 15 is 0 Å². The van der Waals surface area contributed by atoms with Crippen molar-refractivity contribution in [2.24, 2.45) is 0 Å². The lowest BCUT2D eigenvalue weighted by molar-refractivity contribution is -0.135. The SMILES string of the molecule is CCCCCOCC(=O)N1CCC(c2ncc[nH]2)C1. The molecule has 1 atom stereocenters. The summed E-state index contributed by atoms with van der Waals surface area (Å²) in [5.74, 6) is 1.43. The molecule has 1 N–H and O–H groups in total. The summed E-state index contributed by atoms with van der Waals surface area (Å²) >= 11 is 0. The largest absolute Gasteiger partial charge is 0.372 e. The lowest BCUT2D eigenvalue weighted by Gasteiger charge is -2.16. The highest BCUT2D eigenvalue weighted by Gasteiger charge is 2.28. The van der Waals surface area contributed by atoms with E-state index in [9.17, 15) is 4.79 Å². The number of likely N-dealkylation sites (tertiary alicyclic amines) is 1. The van der Waals surface area contributed by atoms with Crippen LogP contribution in [0, 0.1) is 0 Å². The number of aromatic amines is 1. The van der Waals surface area contributed by atoms with Crippen LogP contribution in [0.2, 0.25) is 0 Å². The molecule has 0 spiro atoms. The normalized spacial score (nSPS) is 19.0. The number of imidazole rings is 1. The van der Waals surface area contributed by atoms with E-state index in [-0.39, 0.29) is 12.5 Å². The maximum absolute atomic E-state index is 12.0. The van der Waals surface area contributed by atoms with E-state index in [1.807, 2.05) is 11.1 Å². The van der Waals surface area contributed by atoms with Crippen LogP contribution in [0.5, 0.6) is 0 Å². The number of carbonyl (C=O) groups excluding carboxylic acids is 1. The number of hydrogen-bond donors (Lipinski definition) is 1. The Balaban J connectivity index is 1.67. The first-order valence-electron chi connectivity index (χ1n) is 7.16. The van der Waals surface area contributed by atoms with Crippen molar-refractivity contribution in [1.82, 2.24) is 14.9 Å². The van der Waals surface area contributed by atoms with Crippen molar-refractivity contribution in [3.05, 3.63) is 18.2 Å². The number of nitrogens with one attached hydrogen (secondary N) is 1. The van der Waals surface area contributed by atoms with E-state index in [1.54, 1.807) is 6.20 Å². The Labute approximate surface area is 114 Å². The topological polar surface area (TPSA) is 58.2 Å². The number of rotatable bonds is 7. The fraction of sp³-hybridized carbons (Fsp3) is 0.714. The summed E-state index contributed by atoms with van der Waals surface area (Å²) in [5, 5.41) is 0. The summed E-state index contributed by atoms with van der Waals surface area (Å²) in [6.45, 7) is 4.63. The molecule has 5 heteroatoms. The van der Waals surface area contributed by atoms with Gasteiger partial charge in [0.25, 0.3) is 0 Å². The lowest BCUT2D eigenvalue weighted by Crippen LogP contribution is -2.32. The van der Waals surface area contributed by atoms with E-state index < -0.39 is 0 Å². The van der Waals surface area contributed by atoms with Crippen LogP contribution in [0.25, 0.3) is 0 Å².